The Morgan fingerprint density at radius 2 is 2.08 bits per heavy atom. The van der Waals surface area contributed by atoms with Gasteiger partial charge in [-0.15, -0.1) is 0 Å². The van der Waals surface area contributed by atoms with Crippen molar-refractivity contribution in [1.29, 1.82) is 0 Å². The Labute approximate surface area is 146 Å². The van der Waals surface area contributed by atoms with Crippen LogP contribution in [0, 0.1) is 12.7 Å². The highest BCUT2D eigenvalue weighted by Crippen LogP contribution is 2.24. The number of hydrogen-bond acceptors (Lipinski definition) is 3. The van der Waals surface area contributed by atoms with Crippen molar-refractivity contribution in [1.82, 2.24) is 9.88 Å². The van der Waals surface area contributed by atoms with Crippen LogP contribution in [0.2, 0.25) is 0 Å². The van der Waals surface area contributed by atoms with Crippen molar-refractivity contribution >= 4 is 11.6 Å². The second kappa shape index (κ2) is 7.09. The van der Waals surface area contributed by atoms with Gasteiger partial charge in [0.2, 0.25) is 0 Å². The Hall–Kier alpha value is -2.63. The molecule has 2 heterocycles. The van der Waals surface area contributed by atoms with E-state index in [4.69, 9.17) is 0 Å². The van der Waals surface area contributed by atoms with Crippen molar-refractivity contribution in [2.24, 2.45) is 7.05 Å². The zero-order valence-electron chi connectivity index (χ0n) is 14.5. The molecule has 1 fully saturated rings. The van der Waals surface area contributed by atoms with Gasteiger partial charge in [0.25, 0.3) is 11.5 Å². The summed E-state index contributed by atoms with van der Waals surface area (Å²) in [5.74, 6) is -0.478. The summed E-state index contributed by atoms with van der Waals surface area (Å²) in [6.45, 7) is 3.44. The molecule has 0 spiro atoms. The third-order valence-corrected chi connectivity index (χ3v) is 4.62. The molecule has 1 atom stereocenters. The Kier molecular flexibility index (Phi) is 4.88. The maximum atomic E-state index is 13.3. The van der Waals surface area contributed by atoms with E-state index in [-0.39, 0.29) is 23.3 Å². The number of amides is 1. The number of carbonyl (C=O) groups excluding carboxylic acids is 1. The fourth-order valence-electron chi connectivity index (χ4n) is 3.25. The van der Waals surface area contributed by atoms with Crippen LogP contribution in [0.5, 0.6) is 0 Å². The number of nitrogens with one attached hydrogen (secondary N) is 1. The number of rotatable bonds is 3. The maximum Gasteiger partial charge on any atom is 0.251 e. The van der Waals surface area contributed by atoms with E-state index in [1.807, 2.05) is 6.92 Å². The quantitative estimate of drug-likeness (QED) is 0.930. The van der Waals surface area contributed by atoms with E-state index in [9.17, 15) is 14.0 Å². The smallest absolute Gasteiger partial charge is 0.251 e. The van der Waals surface area contributed by atoms with Gasteiger partial charge in [-0.05, 0) is 49.6 Å². The monoisotopic (exact) mass is 343 g/mol. The zero-order valence-corrected chi connectivity index (χ0v) is 14.5. The number of anilines is 1. The minimum Gasteiger partial charge on any atom is -0.369 e. The lowest BCUT2D eigenvalue weighted by Crippen LogP contribution is -2.48. The normalized spacial score (nSPS) is 17.4. The molecular weight excluding hydrogens is 321 g/mol. The molecule has 3 rings (SSSR count). The van der Waals surface area contributed by atoms with Crippen molar-refractivity contribution in [2.75, 3.05) is 18.0 Å². The van der Waals surface area contributed by atoms with Crippen LogP contribution >= 0.6 is 0 Å². The predicted octanol–water partition coefficient (Wildman–Crippen LogP) is 2.23. The summed E-state index contributed by atoms with van der Waals surface area (Å²) < 4.78 is 14.7. The van der Waals surface area contributed by atoms with E-state index in [0.717, 1.165) is 30.6 Å². The Balaban J connectivity index is 1.70. The summed E-state index contributed by atoms with van der Waals surface area (Å²) >= 11 is 0. The molecule has 1 N–H and O–H groups in total. The molecule has 6 heteroatoms. The molecule has 1 aliphatic rings. The van der Waals surface area contributed by atoms with Crippen LogP contribution in [0.1, 0.15) is 28.8 Å². The molecule has 25 heavy (non-hydrogen) atoms. The average Bonchev–Trinajstić information content (AvgIpc) is 2.57. The van der Waals surface area contributed by atoms with Gasteiger partial charge < -0.3 is 14.8 Å². The summed E-state index contributed by atoms with van der Waals surface area (Å²) in [7, 11) is 1.65. The number of benzene rings is 1. The second-order valence-electron chi connectivity index (χ2n) is 6.55. The van der Waals surface area contributed by atoms with E-state index in [1.165, 1.54) is 22.8 Å². The van der Waals surface area contributed by atoms with Crippen LogP contribution in [0.3, 0.4) is 0 Å². The maximum absolute atomic E-state index is 13.3. The first-order valence-corrected chi connectivity index (χ1v) is 8.42. The Morgan fingerprint density at radius 1 is 1.28 bits per heavy atom. The fourth-order valence-corrected chi connectivity index (χ4v) is 3.25. The van der Waals surface area contributed by atoms with Crippen molar-refractivity contribution in [3.8, 4) is 0 Å². The molecule has 1 aromatic heterocycles. The van der Waals surface area contributed by atoms with Crippen LogP contribution in [0.4, 0.5) is 10.1 Å². The van der Waals surface area contributed by atoms with Crippen molar-refractivity contribution < 1.29 is 9.18 Å². The van der Waals surface area contributed by atoms with Gasteiger partial charge in [0, 0.05) is 49.7 Å². The van der Waals surface area contributed by atoms with Gasteiger partial charge in [0.05, 0.1) is 0 Å². The molecule has 5 nitrogen and oxygen atoms in total. The number of nitrogens with zero attached hydrogens (tertiary/aromatic N) is 2. The van der Waals surface area contributed by atoms with Crippen LogP contribution in [-0.4, -0.2) is 29.6 Å². The molecule has 0 radical (unpaired) electrons. The number of aromatic nitrogens is 1. The molecule has 2 aromatic rings. The summed E-state index contributed by atoms with van der Waals surface area (Å²) in [5.41, 5.74) is 2.05. The van der Waals surface area contributed by atoms with Gasteiger partial charge in [0.15, 0.2) is 0 Å². The largest absolute Gasteiger partial charge is 0.369 e. The summed E-state index contributed by atoms with van der Waals surface area (Å²) in [4.78, 5) is 26.3. The SMILES string of the molecule is Cc1cc(F)ccc1N1CCC[C@@H](NC(=O)c2ccn(C)c(=O)c2)C1. The molecule has 1 aliphatic heterocycles. The van der Waals surface area contributed by atoms with Crippen molar-refractivity contribution in [2.45, 2.75) is 25.8 Å². The molecule has 0 aliphatic carbocycles. The molecule has 132 valence electrons. The topological polar surface area (TPSA) is 54.3 Å². The van der Waals surface area contributed by atoms with Crippen molar-refractivity contribution in [3.63, 3.8) is 0 Å². The number of aryl methyl sites for hydroxylation is 2. The minimum absolute atomic E-state index is 0.00485. The molecule has 0 bridgehead atoms. The number of halogens is 1. The van der Waals surface area contributed by atoms with Crippen molar-refractivity contribution in [3.05, 3.63) is 63.8 Å². The first-order chi connectivity index (χ1) is 11.9. The number of pyridine rings is 1. The van der Waals surface area contributed by atoms with E-state index in [2.05, 4.69) is 10.2 Å². The molecule has 0 unspecified atom stereocenters. The fraction of sp³-hybridized carbons (Fsp3) is 0.368. The first-order valence-electron chi connectivity index (χ1n) is 8.42. The first kappa shape index (κ1) is 17.2. The number of piperidine rings is 1. The average molecular weight is 343 g/mol. The zero-order chi connectivity index (χ0) is 18.0. The van der Waals surface area contributed by atoms with Gasteiger partial charge >= 0.3 is 0 Å². The van der Waals surface area contributed by atoms with Crippen LogP contribution < -0.4 is 15.8 Å². The second-order valence-corrected chi connectivity index (χ2v) is 6.55. The van der Waals surface area contributed by atoms with E-state index < -0.39 is 0 Å². The van der Waals surface area contributed by atoms with Gasteiger partial charge in [-0.25, -0.2) is 4.39 Å². The van der Waals surface area contributed by atoms with Gasteiger partial charge in [-0.3, -0.25) is 9.59 Å². The lowest BCUT2D eigenvalue weighted by Gasteiger charge is -2.35. The van der Waals surface area contributed by atoms with Crippen LogP contribution in [-0.2, 0) is 7.05 Å². The molecule has 1 saturated heterocycles. The Bertz CT molecular complexity index is 847. The van der Waals surface area contributed by atoms with Gasteiger partial charge in [-0.2, -0.15) is 0 Å². The third-order valence-electron chi connectivity index (χ3n) is 4.62. The van der Waals surface area contributed by atoms with Gasteiger partial charge in [-0.1, -0.05) is 0 Å². The predicted molar refractivity (Wildman–Crippen MR) is 95.5 cm³/mol. The van der Waals surface area contributed by atoms with E-state index >= 15 is 0 Å². The molecule has 0 saturated carbocycles. The lowest BCUT2D eigenvalue weighted by molar-refractivity contribution is 0.0933. The minimum atomic E-state index is -0.242. The highest BCUT2D eigenvalue weighted by molar-refractivity contribution is 5.94. The molecule has 1 aromatic carbocycles. The number of carbonyl (C=O) groups is 1. The highest BCUT2D eigenvalue weighted by atomic mass is 19.1. The molecular formula is C19H22FN3O2. The van der Waals surface area contributed by atoms with E-state index in [0.29, 0.717) is 12.1 Å². The standard InChI is InChI=1S/C19H22FN3O2/c1-13-10-15(20)5-6-17(13)23-8-3-4-16(12-23)21-19(25)14-7-9-22(2)18(24)11-14/h5-7,9-11,16H,3-4,8,12H2,1-2H3,(H,21,25)/t16-/m1/s1. The summed E-state index contributed by atoms with van der Waals surface area (Å²) in [6, 6.07) is 7.76. The van der Waals surface area contributed by atoms with Crippen LogP contribution in [0.25, 0.3) is 0 Å². The number of hydrogen-bond donors (Lipinski definition) is 1. The van der Waals surface area contributed by atoms with E-state index in [1.54, 1.807) is 25.4 Å². The van der Waals surface area contributed by atoms with Crippen LogP contribution in [0.15, 0.2) is 41.3 Å². The van der Waals surface area contributed by atoms with Gasteiger partial charge in [0.1, 0.15) is 5.82 Å². The summed E-state index contributed by atoms with van der Waals surface area (Å²) in [6.07, 6.45) is 3.41. The Morgan fingerprint density at radius 3 is 2.80 bits per heavy atom. The highest BCUT2D eigenvalue weighted by Gasteiger charge is 2.23. The molecule has 1 amide bonds. The third kappa shape index (κ3) is 3.90. The lowest BCUT2D eigenvalue weighted by atomic mass is 10.0. The summed E-state index contributed by atoms with van der Waals surface area (Å²) in [5, 5.41) is 3.01.